The van der Waals surface area contributed by atoms with E-state index in [9.17, 15) is 4.79 Å². The zero-order valence-corrected chi connectivity index (χ0v) is 9.62. The van der Waals surface area contributed by atoms with Crippen LogP contribution in [0.4, 0.5) is 0 Å². The second-order valence-corrected chi connectivity index (χ2v) is 3.65. The van der Waals surface area contributed by atoms with E-state index in [0.717, 1.165) is 6.42 Å². The summed E-state index contributed by atoms with van der Waals surface area (Å²) in [6.07, 6.45) is 1.11. The third kappa shape index (κ3) is 3.08. The second kappa shape index (κ2) is 5.54. The molecule has 0 saturated heterocycles. The summed E-state index contributed by atoms with van der Waals surface area (Å²) in [6.45, 7) is 6.57. The van der Waals surface area contributed by atoms with Crippen LogP contribution >= 0.6 is 0 Å². The standard InChI is InChI=1S/C13H18O2/c1-4-10(3)11-6-8-12(9-7-11)13(14)15-5-2/h6-10H,4-5H2,1-3H3. The maximum Gasteiger partial charge on any atom is 0.338 e. The minimum atomic E-state index is -0.242. The maximum atomic E-state index is 11.4. The molecule has 0 aliphatic carbocycles. The van der Waals surface area contributed by atoms with E-state index in [1.807, 2.05) is 31.2 Å². The Hall–Kier alpha value is -1.31. The molecule has 0 saturated carbocycles. The predicted molar refractivity (Wildman–Crippen MR) is 61.1 cm³/mol. The van der Waals surface area contributed by atoms with Crippen LogP contribution in [-0.2, 0) is 4.74 Å². The Morgan fingerprint density at radius 1 is 1.27 bits per heavy atom. The van der Waals surface area contributed by atoms with Gasteiger partial charge in [-0.05, 0) is 37.0 Å². The van der Waals surface area contributed by atoms with Crippen molar-refractivity contribution in [2.45, 2.75) is 33.1 Å². The van der Waals surface area contributed by atoms with E-state index in [4.69, 9.17) is 4.74 Å². The smallest absolute Gasteiger partial charge is 0.338 e. The largest absolute Gasteiger partial charge is 0.462 e. The molecule has 1 atom stereocenters. The van der Waals surface area contributed by atoms with Crippen molar-refractivity contribution in [1.29, 1.82) is 0 Å². The van der Waals surface area contributed by atoms with Gasteiger partial charge in [0.1, 0.15) is 0 Å². The number of ether oxygens (including phenoxy) is 1. The Morgan fingerprint density at radius 3 is 2.33 bits per heavy atom. The molecular weight excluding hydrogens is 188 g/mol. The van der Waals surface area contributed by atoms with Crippen molar-refractivity contribution >= 4 is 5.97 Å². The van der Waals surface area contributed by atoms with Gasteiger partial charge in [-0.2, -0.15) is 0 Å². The van der Waals surface area contributed by atoms with Gasteiger partial charge in [0.15, 0.2) is 0 Å². The molecule has 0 amide bonds. The van der Waals surface area contributed by atoms with Gasteiger partial charge in [0.2, 0.25) is 0 Å². The van der Waals surface area contributed by atoms with Crippen molar-refractivity contribution in [3.63, 3.8) is 0 Å². The van der Waals surface area contributed by atoms with E-state index in [1.54, 1.807) is 0 Å². The molecule has 0 aromatic heterocycles. The van der Waals surface area contributed by atoms with Crippen LogP contribution in [0, 0.1) is 0 Å². The SMILES string of the molecule is CCOC(=O)c1ccc(C(C)CC)cc1. The average Bonchev–Trinajstić information content (AvgIpc) is 2.28. The molecule has 1 aromatic rings. The third-order valence-electron chi connectivity index (χ3n) is 2.60. The molecule has 1 unspecified atom stereocenters. The Bertz CT molecular complexity index is 314. The van der Waals surface area contributed by atoms with E-state index in [1.165, 1.54) is 5.56 Å². The molecule has 0 heterocycles. The number of carbonyl (C=O) groups excluding carboxylic acids is 1. The van der Waals surface area contributed by atoms with Gasteiger partial charge in [0.05, 0.1) is 12.2 Å². The fourth-order valence-electron chi connectivity index (χ4n) is 1.40. The highest BCUT2D eigenvalue weighted by atomic mass is 16.5. The summed E-state index contributed by atoms with van der Waals surface area (Å²) in [4.78, 5) is 11.4. The van der Waals surface area contributed by atoms with Gasteiger partial charge in [-0.15, -0.1) is 0 Å². The minimum Gasteiger partial charge on any atom is -0.462 e. The average molecular weight is 206 g/mol. The molecule has 0 radical (unpaired) electrons. The van der Waals surface area contributed by atoms with Crippen LogP contribution in [0.2, 0.25) is 0 Å². The fourth-order valence-corrected chi connectivity index (χ4v) is 1.40. The van der Waals surface area contributed by atoms with Crippen molar-refractivity contribution < 1.29 is 9.53 Å². The van der Waals surface area contributed by atoms with Crippen LogP contribution in [-0.4, -0.2) is 12.6 Å². The van der Waals surface area contributed by atoms with Crippen LogP contribution in [0.1, 0.15) is 49.0 Å². The molecule has 0 aliphatic rings. The summed E-state index contributed by atoms with van der Waals surface area (Å²) in [6, 6.07) is 7.67. The zero-order chi connectivity index (χ0) is 11.3. The molecular formula is C13H18O2. The van der Waals surface area contributed by atoms with Crippen molar-refractivity contribution in [1.82, 2.24) is 0 Å². The number of hydrogen-bond donors (Lipinski definition) is 0. The van der Waals surface area contributed by atoms with Gasteiger partial charge in [0.25, 0.3) is 0 Å². The maximum absolute atomic E-state index is 11.4. The zero-order valence-electron chi connectivity index (χ0n) is 9.62. The highest BCUT2D eigenvalue weighted by Gasteiger charge is 2.07. The first-order valence-electron chi connectivity index (χ1n) is 5.46. The highest BCUT2D eigenvalue weighted by molar-refractivity contribution is 5.89. The molecule has 1 aromatic carbocycles. The molecule has 82 valence electrons. The number of esters is 1. The van der Waals surface area contributed by atoms with Crippen molar-refractivity contribution in [3.8, 4) is 0 Å². The summed E-state index contributed by atoms with van der Waals surface area (Å²) in [7, 11) is 0. The lowest BCUT2D eigenvalue weighted by Crippen LogP contribution is -2.04. The van der Waals surface area contributed by atoms with E-state index >= 15 is 0 Å². The Morgan fingerprint density at radius 2 is 1.87 bits per heavy atom. The van der Waals surface area contributed by atoms with Crippen LogP contribution in [0.15, 0.2) is 24.3 Å². The van der Waals surface area contributed by atoms with E-state index < -0.39 is 0 Å². The quantitative estimate of drug-likeness (QED) is 0.706. The molecule has 0 aliphatic heterocycles. The molecule has 2 heteroatoms. The minimum absolute atomic E-state index is 0.242. The Kier molecular flexibility index (Phi) is 4.35. The van der Waals surface area contributed by atoms with Gasteiger partial charge < -0.3 is 4.74 Å². The van der Waals surface area contributed by atoms with Crippen molar-refractivity contribution in [2.75, 3.05) is 6.61 Å². The summed E-state index contributed by atoms with van der Waals surface area (Å²) in [5.74, 6) is 0.300. The van der Waals surface area contributed by atoms with Crippen LogP contribution in [0.25, 0.3) is 0 Å². The second-order valence-electron chi connectivity index (χ2n) is 3.65. The topological polar surface area (TPSA) is 26.3 Å². The molecule has 1 rings (SSSR count). The molecule has 0 bridgehead atoms. The lowest BCUT2D eigenvalue weighted by atomic mass is 9.98. The van der Waals surface area contributed by atoms with Gasteiger partial charge >= 0.3 is 5.97 Å². The lowest BCUT2D eigenvalue weighted by Gasteiger charge is -2.09. The predicted octanol–water partition coefficient (Wildman–Crippen LogP) is 3.38. The summed E-state index contributed by atoms with van der Waals surface area (Å²) < 4.78 is 4.92. The van der Waals surface area contributed by atoms with Crippen LogP contribution < -0.4 is 0 Å². The molecule has 0 N–H and O–H groups in total. The lowest BCUT2D eigenvalue weighted by molar-refractivity contribution is 0.0526. The first kappa shape index (κ1) is 11.8. The first-order valence-corrected chi connectivity index (χ1v) is 5.46. The van der Waals surface area contributed by atoms with Crippen molar-refractivity contribution in [3.05, 3.63) is 35.4 Å². The van der Waals surface area contributed by atoms with Crippen LogP contribution in [0.3, 0.4) is 0 Å². The number of carbonyl (C=O) groups is 1. The Labute approximate surface area is 91.3 Å². The fraction of sp³-hybridized carbons (Fsp3) is 0.462. The van der Waals surface area contributed by atoms with Gasteiger partial charge in [-0.1, -0.05) is 26.0 Å². The monoisotopic (exact) mass is 206 g/mol. The number of benzene rings is 1. The van der Waals surface area contributed by atoms with Gasteiger partial charge in [-0.3, -0.25) is 0 Å². The molecule has 0 fully saturated rings. The first-order chi connectivity index (χ1) is 7.19. The molecule has 15 heavy (non-hydrogen) atoms. The molecule has 0 spiro atoms. The van der Waals surface area contributed by atoms with E-state index in [2.05, 4.69) is 13.8 Å². The number of hydrogen-bond acceptors (Lipinski definition) is 2. The Balaban J connectivity index is 2.76. The summed E-state index contributed by atoms with van der Waals surface area (Å²) in [5, 5.41) is 0. The third-order valence-corrected chi connectivity index (χ3v) is 2.60. The van der Waals surface area contributed by atoms with Gasteiger partial charge in [0, 0.05) is 0 Å². The van der Waals surface area contributed by atoms with E-state index in [0.29, 0.717) is 18.1 Å². The number of rotatable bonds is 4. The van der Waals surface area contributed by atoms with Gasteiger partial charge in [-0.25, -0.2) is 4.79 Å². The van der Waals surface area contributed by atoms with Crippen LogP contribution in [0.5, 0.6) is 0 Å². The summed E-state index contributed by atoms with van der Waals surface area (Å²) >= 11 is 0. The molecule has 2 nitrogen and oxygen atoms in total. The summed E-state index contributed by atoms with van der Waals surface area (Å²) in [5.41, 5.74) is 1.90. The van der Waals surface area contributed by atoms with Crippen molar-refractivity contribution in [2.24, 2.45) is 0 Å². The normalized spacial score (nSPS) is 12.2. The van der Waals surface area contributed by atoms with E-state index in [-0.39, 0.29) is 5.97 Å². The highest BCUT2D eigenvalue weighted by Crippen LogP contribution is 2.18.